The van der Waals surface area contributed by atoms with Gasteiger partial charge in [0.1, 0.15) is 0 Å². The Morgan fingerprint density at radius 1 is 1.00 bits per heavy atom. The van der Waals surface area contributed by atoms with Crippen LogP contribution in [0, 0.1) is 0 Å². The van der Waals surface area contributed by atoms with Crippen LogP contribution in [0.4, 0.5) is 0 Å². The Bertz CT molecular complexity index is 847. The van der Waals surface area contributed by atoms with Crippen molar-refractivity contribution in [2.75, 3.05) is 6.54 Å². The van der Waals surface area contributed by atoms with E-state index >= 15 is 0 Å². The molecule has 1 aliphatic heterocycles. The molecule has 7 nitrogen and oxygen atoms in total. The van der Waals surface area contributed by atoms with Crippen LogP contribution >= 0.6 is 0 Å². The molecule has 0 bridgehead atoms. The molecule has 0 aliphatic carbocycles. The number of carbonyl (C=O) groups excluding carboxylic acids is 2. The number of amides is 2. The van der Waals surface area contributed by atoms with Gasteiger partial charge in [0.25, 0.3) is 11.8 Å². The summed E-state index contributed by atoms with van der Waals surface area (Å²) in [6, 6.07) is 10.2. The number of hydrogen-bond donors (Lipinski definition) is 0. The van der Waals surface area contributed by atoms with E-state index in [4.69, 9.17) is 8.94 Å². The Kier molecular flexibility index (Phi) is 3.04. The van der Waals surface area contributed by atoms with Gasteiger partial charge in [0.2, 0.25) is 11.7 Å². The highest BCUT2D eigenvalue weighted by Crippen LogP contribution is 2.23. The Morgan fingerprint density at radius 2 is 1.74 bits per heavy atom. The molecular formula is C16H11N3O4. The molecule has 0 spiro atoms. The highest BCUT2D eigenvalue weighted by molar-refractivity contribution is 6.21. The fraction of sp³-hybridized carbons (Fsp3) is 0.125. The number of nitrogens with zero attached hydrogens (tertiary/aromatic N) is 3. The second-order valence-electron chi connectivity index (χ2n) is 5.05. The highest BCUT2D eigenvalue weighted by Gasteiger charge is 2.34. The van der Waals surface area contributed by atoms with E-state index in [2.05, 4.69) is 10.1 Å². The Hall–Kier alpha value is -3.22. The monoisotopic (exact) mass is 309 g/mol. The van der Waals surface area contributed by atoms with Crippen molar-refractivity contribution >= 4 is 11.8 Å². The molecule has 23 heavy (non-hydrogen) atoms. The molecule has 0 radical (unpaired) electrons. The van der Waals surface area contributed by atoms with Crippen molar-refractivity contribution in [1.82, 2.24) is 15.0 Å². The largest absolute Gasteiger partial charge is 0.461 e. The lowest BCUT2D eigenvalue weighted by atomic mass is 10.1. The first-order valence-corrected chi connectivity index (χ1v) is 7.06. The number of furan rings is 1. The van der Waals surface area contributed by atoms with Crippen molar-refractivity contribution in [2.24, 2.45) is 0 Å². The van der Waals surface area contributed by atoms with Crippen LogP contribution in [0.15, 0.2) is 51.6 Å². The number of fused-ring (bicyclic) bond motifs is 1. The summed E-state index contributed by atoms with van der Waals surface area (Å²) in [6.07, 6.45) is 1.81. The minimum Gasteiger partial charge on any atom is -0.461 e. The maximum Gasteiger partial charge on any atom is 0.261 e. The second kappa shape index (κ2) is 5.20. The van der Waals surface area contributed by atoms with Gasteiger partial charge in [-0.2, -0.15) is 4.98 Å². The van der Waals surface area contributed by atoms with Crippen LogP contribution in [-0.2, 0) is 6.42 Å². The predicted molar refractivity (Wildman–Crippen MR) is 77.5 cm³/mol. The smallest absolute Gasteiger partial charge is 0.261 e. The average molecular weight is 309 g/mol. The third kappa shape index (κ3) is 2.22. The molecule has 0 saturated carbocycles. The summed E-state index contributed by atoms with van der Waals surface area (Å²) in [5, 5.41) is 3.81. The molecule has 0 fully saturated rings. The highest BCUT2D eigenvalue weighted by atomic mass is 16.5. The van der Waals surface area contributed by atoms with E-state index < -0.39 is 0 Å². The van der Waals surface area contributed by atoms with E-state index in [0.29, 0.717) is 35.0 Å². The summed E-state index contributed by atoms with van der Waals surface area (Å²) in [6.45, 7) is 0.187. The maximum atomic E-state index is 12.2. The van der Waals surface area contributed by atoms with Crippen LogP contribution < -0.4 is 0 Å². The fourth-order valence-corrected chi connectivity index (χ4v) is 2.51. The average Bonchev–Trinajstić information content (AvgIpc) is 3.29. The molecule has 7 heteroatoms. The van der Waals surface area contributed by atoms with Gasteiger partial charge in [-0.25, -0.2) is 0 Å². The number of imide groups is 1. The standard InChI is InChI=1S/C16H11N3O4/c20-15-10-4-1-2-5-11(10)16(21)19(15)8-7-13-17-14(18-23-13)12-6-3-9-22-12/h1-6,9H,7-8H2. The third-order valence-electron chi connectivity index (χ3n) is 3.64. The summed E-state index contributed by atoms with van der Waals surface area (Å²) in [5.41, 5.74) is 0.860. The van der Waals surface area contributed by atoms with E-state index in [0.717, 1.165) is 0 Å². The van der Waals surface area contributed by atoms with Crippen molar-refractivity contribution < 1.29 is 18.5 Å². The first kappa shape index (κ1) is 13.4. The Balaban J connectivity index is 1.48. The lowest BCUT2D eigenvalue weighted by Gasteiger charge is -2.11. The minimum atomic E-state index is -0.295. The van der Waals surface area contributed by atoms with Gasteiger partial charge in [0, 0.05) is 13.0 Å². The minimum absolute atomic E-state index is 0.187. The zero-order valence-corrected chi connectivity index (χ0v) is 11.9. The van der Waals surface area contributed by atoms with Crippen LogP contribution in [0.3, 0.4) is 0 Å². The first-order chi connectivity index (χ1) is 11.2. The molecule has 3 aromatic rings. The molecule has 2 aromatic heterocycles. The molecule has 0 saturated heterocycles. The number of hydrogen-bond acceptors (Lipinski definition) is 6. The summed E-state index contributed by atoms with van der Waals surface area (Å²) in [4.78, 5) is 29.9. The molecule has 0 unspecified atom stereocenters. The molecule has 114 valence electrons. The van der Waals surface area contributed by atoms with E-state index in [9.17, 15) is 9.59 Å². The van der Waals surface area contributed by atoms with Gasteiger partial charge < -0.3 is 8.94 Å². The van der Waals surface area contributed by atoms with Crippen LogP contribution in [0.2, 0.25) is 0 Å². The van der Waals surface area contributed by atoms with Gasteiger partial charge in [0.05, 0.1) is 17.4 Å². The quantitative estimate of drug-likeness (QED) is 0.686. The lowest BCUT2D eigenvalue weighted by molar-refractivity contribution is 0.0653. The second-order valence-corrected chi connectivity index (χ2v) is 5.05. The molecule has 3 heterocycles. The maximum absolute atomic E-state index is 12.2. The summed E-state index contributed by atoms with van der Waals surface area (Å²) in [5.74, 6) is 0.591. The summed E-state index contributed by atoms with van der Waals surface area (Å²) >= 11 is 0. The molecule has 0 N–H and O–H groups in total. The topological polar surface area (TPSA) is 89.4 Å². The molecule has 0 atom stereocenters. The fourth-order valence-electron chi connectivity index (χ4n) is 2.51. The third-order valence-corrected chi connectivity index (χ3v) is 3.64. The van der Waals surface area contributed by atoms with Gasteiger partial charge in [-0.05, 0) is 24.3 Å². The van der Waals surface area contributed by atoms with Crippen LogP contribution in [0.1, 0.15) is 26.6 Å². The lowest BCUT2D eigenvalue weighted by Crippen LogP contribution is -2.31. The number of carbonyl (C=O) groups is 2. The number of aromatic nitrogens is 2. The van der Waals surface area contributed by atoms with Crippen molar-refractivity contribution in [2.45, 2.75) is 6.42 Å². The number of benzene rings is 1. The molecular weight excluding hydrogens is 298 g/mol. The van der Waals surface area contributed by atoms with Crippen molar-refractivity contribution in [3.8, 4) is 11.6 Å². The van der Waals surface area contributed by atoms with Crippen LogP contribution in [0.25, 0.3) is 11.6 Å². The van der Waals surface area contributed by atoms with E-state index in [1.54, 1.807) is 36.4 Å². The Morgan fingerprint density at radius 3 is 2.39 bits per heavy atom. The Labute approximate surface area is 130 Å². The van der Waals surface area contributed by atoms with E-state index in [1.807, 2.05) is 0 Å². The van der Waals surface area contributed by atoms with Crippen molar-refractivity contribution in [3.63, 3.8) is 0 Å². The number of rotatable bonds is 4. The zero-order chi connectivity index (χ0) is 15.8. The molecule has 2 amide bonds. The molecule has 4 rings (SSSR count). The van der Waals surface area contributed by atoms with Gasteiger partial charge in [0.15, 0.2) is 5.76 Å². The molecule has 1 aliphatic rings. The van der Waals surface area contributed by atoms with Crippen molar-refractivity contribution in [1.29, 1.82) is 0 Å². The predicted octanol–water partition coefficient (Wildman–Crippen LogP) is 2.17. The van der Waals surface area contributed by atoms with Crippen LogP contribution in [-0.4, -0.2) is 33.4 Å². The van der Waals surface area contributed by atoms with E-state index in [1.165, 1.54) is 11.2 Å². The normalized spacial score (nSPS) is 13.7. The SMILES string of the molecule is O=C1c2ccccc2C(=O)N1CCc1nc(-c2ccco2)no1. The molecule has 1 aromatic carbocycles. The van der Waals surface area contributed by atoms with Gasteiger partial charge in [-0.3, -0.25) is 14.5 Å². The summed E-state index contributed by atoms with van der Waals surface area (Å²) < 4.78 is 10.3. The van der Waals surface area contributed by atoms with Gasteiger partial charge in [-0.15, -0.1) is 0 Å². The van der Waals surface area contributed by atoms with Crippen molar-refractivity contribution in [3.05, 3.63) is 59.7 Å². The zero-order valence-electron chi connectivity index (χ0n) is 11.9. The van der Waals surface area contributed by atoms with Gasteiger partial charge in [-0.1, -0.05) is 17.3 Å². The van der Waals surface area contributed by atoms with Crippen LogP contribution in [0.5, 0.6) is 0 Å². The van der Waals surface area contributed by atoms with Gasteiger partial charge >= 0.3 is 0 Å². The summed E-state index contributed by atoms with van der Waals surface area (Å²) in [7, 11) is 0. The van der Waals surface area contributed by atoms with E-state index in [-0.39, 0.29) is 18.4 Å². The first-order valence-electron chi connectivity index (χ1n) is 7.06.